The number of halogens is 4. The molecule has 0 saturated carbocycles. The molecule has 0 aromatic heterocycles. The summed E-state index contributed by atoms with van der Waals surface area (Å²) < 4.78 is 42.6. The summed E-state index contributed by atoms with van der Waals surface area (Å²) in [5.74, 6) is -0.840. The summed E-state index contributed by atoms with van der Waals surface area (Å²) in [6, 6.07) is 3.25. The van der Waals surface area contributed by atoms with Crippen molar-refractivity contribution in [3.05, 3.63) is 28.2 Å². The highest BCUT2D eigenvalue weighted by atomic mass is 79.9. The first-order valence-electron chi connectivity index (χ1n) is 5.24. The summed E-state index contributed by atoms with van der Waals surface area (Å²) in [7, 11) is 0. The van der Waals surface area contributed by atoms with Crippen molar-refractivity contribution >= 4 is 21.8 Å². The van der Waals surface area contributed by atoms with Crippen LogP contribution in [-0.4, -0.2) is 29.3 Å². The van der Waals surface area contributed by atoms with E-state index < -0.39 is 24.3 Å². The Morgan fingerprint density at radius 1 is 1.47 bits per heavy atom. The maximum absolute atomic E-state index is 12.6. The van der Waals surface area contributed by atoms with Crippen LogP contribution in [0.15, 0.2) is 22.7 Å². The van der Waals surface area contributed by atoms with Crippen LogP contribution in [0, 0.1) is 0 Å². The molecule has 1 rings (SSSR count). The lowest BCUT2D eigenvalue weighted by atomic mass is 10.2. The molecule has 8 heteroatoms. The molecule has 106 valence electrons. The monoisotopic (exact) mass is 341 g/mol. The topological polar surface area (TPSA) is 49.8 Å². The fourth-order valence-corrected chi connectivity index (χ4v) is 1.68. The largest absolute Gasteiger partial charge is 0.484 e. The van der Waals surface area contributed by atoms with Crippen LogP contribution in [0.1, 0.15) is 12.5 Å². The summed E-state index contributed by atoms with van der Waals surface area (Å²) in [5.41, 5.74) is -0.895. The lowest BCUT2D eigenvalue weighted by Crippen LogP contribution is -2.31. The summed E-state index contributed by atoms with van der Waals surface area (Å²) in [6.07, 6.45) is -4.52. The fraction of sp³-hybridized carbons (Fsp3) is 0.364. The van der Waals surface area contributed by atoms with Gasteiger partial charge in [-0.2, -0.15) is 13.2 Å². The molecule has 0 bridgehead atoms. The Kier molecular flexibility index (Phi) is 5.19. The van der Waals surface area contributed by atoms with Gasteiger partial charge in [-0.1, -0.05) is 15.9 Å². The smallest absolute Gasteiger partial charge is 0.417 e. The molecule has 0 unspecified atom stereocenters. The van der Waals surface area contributed by atoms with E-state index in [1.54, 1.807) is 6.92 Å². The van der Waals surface area contributed by atoms with Crippen molar-refractivity contribution in [1.29, 1.82) is 0 Å². The van der Waals surface area contributed by atoms with Crippen molar-refractivity contribution in [3.8, 4) is 5.75 Å². The van der Waals surface area contributed by atoms with Crippen molar-refractivity contribution in [2.45, 2.75) is 13.1 Å². The van der Waals surface area contributed by atoms with Crippen LogP contribution in [0.4, 0.5) is 13.2 Å². The Morgan fingerprint density at radius 3 is 2.63 bits per heavy atom. The van der Waals surface area contributed by atoms with Crippen molar-refractivity contribution in [2.24, 2.45) is 0 Å². The molecule has 0 saturated heterocycles. The van der Waals surface area contributed by atoms with Crippen LogP contribution in [0.2, 0.25) is 0 Å². The maximum atomic E-state index is 12.6. The third-order valence-electron chi connectivity index (χ3n) is 2.19. The number of likely N-dealkylation sites (N-methyl/N-ethyl adjacent to an activating group) is 1. The molecule has 0 fully saturated rings. The fourth-order valence-electron chi connectivity index (χ4n) is 1.21. The average molecular weight is 342 g/mol. The van der Waals surface area contributed by atoms with E-state index in [2.05, 4.69) is 15.9 Å². The predicted octanol–water partition coefficient (Wildman–Crippen LogP) is 3.08. The number of ether oxygens (including phenoxy) is 1. The quantitative estimate of drug-likeness (QED) is 0.676. The number of rotatable bonds is 4. The highest BCUT2D eigenvalue weighted by Gasteiger charge is 2.33. The first-order chi connectivity index (χ1) is 8.75. The van der Waals surface area contributed by atoms with Gasteiger partial charge in [0.15, 0.2) is 6.61 Å². The van der Waals surface area contributed by atoms with E-state index in [4.69, 9.17) is 9.94 Å². The Labute approximate surface area is 115 Å². The van der Waals surface area contributed by atoms with Gasteiger partial charge < -0.3 is 4.74 Å². The number of amides is 1. The number of alkyl halides is 3. The minimum Gasteiger partial charge on any atom is -0.484 e. The van der Waals surface area contributed by atoms with Crippen LogP contribution in [0.25, 0.3) is 0 Å². The van der Waals surface area contributed by atoms with Crippen LogP contribution in [0.5, 0.6) is 5.75 Å². The molecule has 1 amide bonds. The van der Waals surface area contributed by atoms with Gasteiger partial charge >= 0.3 is 6.18 Å². The van der Waals surface area contributed by atoms with Crippen molar-refractivity contribution in [3.63, 3.8) is 0 Å². The summed E-state index contributed by atoms with van der Waals surface area (Å²) in [4.78, 5) is 11.2. The highest BCUT2D eigenvalue weighted by molar-refractivity contribution is 9.10. The molecule has 0 heterocycles. The number of hydrogen-bond donors (Lipinski definition) is 1. The molecule has 0 atom stereocenters. The molecule has 0 radical (unpaired) electrons. The standard InChI is InChI=1S/C11H11BrF3NO3/c1-2-16(18)10(17)6-19-7-3-4-9(12)8(5-7)11(13,14)15/h3-5,18H,2,6H2,1H3. The van der Waals surface area contributed by atoms with Gasteiger partial charge in [-0.05, 0) is 25.1 Å². The van der Waals surface area contributed by atoms with Crippen LogP contribution >= 0.6 is 15.9 Å². The van der Waals surface area contributed by atoms with E-state index in [0.29, 0.717) is 5.06 Å². The molecule has 0 aliphatic rings. The lowest BCUT2D eigenvalue weighted by molar-refractivity contribution is -0.166. The molecule has 1 N–H and O–H groups in total. The van der Waals surface area contributed by atoms with Crippen LogP contribution < -0.4 is 4.74 Å². The van der Waals surface area contributed by atoms with Gasteiger partial charge in [-0.3, -0.25) is 10.0 Å². The average Bonchev–Trinajstić information content (AvgIpc) is 2.35. The van der Waals surface area contributed by atoms with Gasteiger partial charge in [0.1, 0.15) is 5.75 Å². The van der Waals surface area contributed by atoms with Crippen molar-refractivity contribution in [2.75, 3.05) is 13.2 Å². The van der Waals surface area contributed by atoms with Gasteiger partial charge in [0.2, 0.25) is 0 Å². The number of hydroxylamine groups is 2. The number of carbonyl (C=O) groups excluding carboxylic acids is 1. The molecular formula is C11H11BrF3NO3. The maximum Gasteiger partial charge on any atom is 0.417 e. The second-order valence-electron chi connectivity index (χ2n) is 3.54. The zero-order valence-corrected chi connectivity index (χ0v) is 11.5. The molecule has 0 aliphatic carbocycles. The normalized spacial score (nSPS) is 11.3. The van der Waals surface area contributed by atoms with E-state index in [9.17, 15) is 18.0 Å². The summed E-state index contributed by atoms with van der Waals surface area (Å²) >= 11 is 2.79. The van der Waals surface area contributed by atoms with E-state index >= 15 is 0 Å². The Bertz CT molecular complexity index is 465. The van der Waals surface area contributed by atoms with E-state index in [1.165, 1.54) is 12.1 Å². The number of carbonyl (C=O) groups is 1. The number of benzene rings is 1. The highest BCUT2D eigenvalue weighted by Crippen LogP contribution is 2.36. The van der Waals surface area contributed by atoms with Crippen LogP contribution in [-0.2, 0) is 11.0 Å². The summed E-state index contributed by atoms with van der Waals surface area (Å²) in [6.45, 7) is 1.07. The lowest BCUT2D eigenvalue weighted by Gasteiger charge is -2.14. The molecule has 1 aromatic rings. The third-order valence-corrected chi connectivity index (χ3v) is 2.88. The Morgan fingerprint density at radius 2 is 2.11 bits per heavy atom. The van der Waals surface area contributed by atoms with Crippen molar-refractivity contribution in [1.82, 2.24) is 5.06 Å². The zero-order chi connectivity index (χ0) is 14.6. The third kappa shape index (κ3) is 4.39. The first-order valence-corrected chi connectivity index (χ1v) is 6.03. The van der Waals surface area contributed by atoms with Crippen LogP contribution in [0.3, 0.4) is 0 Å². The van der Waals surface area contributed by atoms with Gasteiger partial charge in [0.25, 0.3) is 5.91 Å². The molecule has 4 nitrogen and oxygen atoms in total. The SMILES string of the molecule is CCN(O)C(=O)COc1ccc(Br)c(C(F)(F)F)c1. The second-order valence-corrected chi connectivity index (χ2v) is 4.39. The molecule has 1 aromatic carbocycles. The van der Waals surface area contributed by atoms with E-state index in [-0.39, 0.29) is 16.8 Å². The molecular weight excluding hydrogens is 331 g/mol. The Hall–Kier alpha value is -1.28. The van der Waals surface area contributed by atoms with Gasteiger partial charge in [-0.15, -0.1) is 0 Å². The first kappa shape index (κ1) is 15.8. The summed E-state index contributed by atoms with van der Waals surface area (Å²) in [5, 5.41) is 9.47. The minimum absolute atomic E-state index is 0.0658. The second kappa shape index (κ2) is 6.25. The molecule has 0 aliphatic heterocycles. The van der Waals surface area contributed by atoms with Gasteiger partial charge in [-0.25, -0.2) is 5.06 Å². The van der Waals surface area contributed by atoms with Gasteiger partial charge in [0, 0.05) is 11.0 Å². The molecule has 0 spiro atoms. The van der Waals surface area contributed by atoms with E-state index in [0.717, 1.165) is 6.07 Å². The number of hydrogen-bond acceptors (Lipinski definition) is 3. The molecule has 19 heavy (non-hydrogen) atoms. The van der Waals surface area contributed by atoms with Gasteiger partial charge in [0.05, 0.1) is 5.56 Å². The minimum atomic E-state index is -4.52. The zero-order valence-electron chi connectivity index (χ0n) is 9.87. The number of nitrogens with zero attached hydrogens (tertiary/aromatic N) is 1. The Balaban J connectivity index is 2.79. The van der Waals surface area contributed by atoms with Crippen molar-refractivity contribution < 1.29 is 27.9 Å². The van der Waals surface area contributed by atoms with E-state index in [1.807, 2.05) is 0 Å². The predicted molar refractivity (Wildman–Crippen MR) is 63.8 cm³/mol.